The predicted octanol–water partition coefficient (Wildman–Crippen LogP) is 2.58. The van der Waals surface area contributed by atoms with Crippen molar-refractivity contribution >= 4 is 17.5 Å². The zero-order valence-corrected chi connectivity index (χ0v) is 11.1. The number of halogens is 2. The van der Waals surface area contributed by atoms with E-state index >= 15 is 0 Å². The molecule has 0 unspecified atom stereocenters. The van der Waals surface area contributed by atoms with Gasteiger partial charge in [0.05, 0.1) is 0 Å². The minimum atomic E-state index is -0.949. The largest absolute Gasteiger partial charge is 0.355 e. The second kappa shape index (κ2) is 6.13. The lowest BCUT2D eigenvalue weighted by Gasteiger charge is -2.08. The Morgan fingerprint density at radius 2 is 1.57 bits per heavy atom. The summed E-state index contributed by atoms with van der Waals surface area (Å²) in [5.74, 6) is -3.15. The van der Waals surface area contributed by atoms with Crippen LogP contribution in [0.15, 0.2) is 42.5 Å². The number of hydrogen-bond acceptors (Lipinski definition) is 2. The van der Waals surface area contributed by atoms with Crippen LogP contribution in [0.1, 0.15) is 20.7 Å². The Hall–Kier alpha value is -2.76. The third-order valence-corrected chi connectivity index (χ3v) is 2.80. The van der Waals surface area contributed by atoms with Gasteiger partial charge in [0.15, 0.2) is 0 Å². The van der Waals surface area contributed by atoms with E-state index in [0.29, 0.717) is 5.56 Å². The fraction of sp³-hybridized carbons (Fsp3) is 0.0667. The molecule has 2 N–H and O–H groups in total. The molecule has 2 rings (SSSR count). The van der Waals surface area contributed by atoms with Crippen molar-refractivity contribution in [3.63, 3.8) is 0 Å². The second-order valence-corrected chi connectivity index (χ2v) is 4.21. The Morgan fingerprint density at radius 1 is 0.952 bits per heavy atom. The van der Waals surface area contributed by atoms with E-state index in [-0.39, 0.29) is 11.6 Å². The van der Waals surface area contributed by atoms with Crippen LogP contribution < -0.4 is 10.6 Å². The van der Waals surface area contributed by atoms with Crippen LogP contribution in [0.3, 0.4) is 0 Å². The van der Waals surface area contributed by atoms with Crippen LogP contribution in [-0.2, 0) is 0 Å². The van der Waals surface area contributed by atoms with Crippen LogP contribution in [-0.4, -0.2) is 18.9 Å². The van der Waals surface area contributed by atoms with E-state index in [1.54, 1.807) is 12.1 Å². The van der Waals surface area contributed by atoms with Crippen LogP contribution in [0.5, 0.6) is 0 Å². The van der Waals surface area contributed by atoms with Crippen molar-refractivity contribution in [2.75, 3.05) is 12.4 Å². The van der Waals surface area contributed by atoms with Crippen LogP contribution in [0.2, 0.25) is 0 Å². The molecule has 4 nitrogen and oxygen atoms in total. The van der Waals surface area contributed by atoms with Gasteiger partial charge in [-0.25, -0.2) is 8.78 Å². The van der Waals surface area contributed by atoms with Crippen LogP contribution in [0.25, 0.3) is 0 Å². The molecule has 0 saturated carbocycles. The molecule has 0 fully saturated rings. The van der Waals surface area contributed by atoms with E-state index in [4.69, 9.17) is 0 Å². The highest BCUT2D eigenvalue weighted by Crippen LogP contribution is 2.16. The number of rotatable bonds is 3. The van der Waals surface area contributed by atoms with Gasteiger partial charge in [0.2, 0.25) is 0 Å². The summed E-state index contributed by atoms with van der Waals surface area (Å²) >= 11 is 0. The van der Waals surface area contributed by atoms with Crippen molar-refractivity contribution in [2.24, 2.45) is 0 Å². The topological polar surface area (TPSA) is 58.2 Å². The Kier molecular flexibility index (Phi) is 4.27. The van der Waals surface area contributed by atoms with E-state index in [0.717, 1.165) is 12.1 Å². The molecular weight excluding hydrogens is 278 g/mol. The Morgan fingerprint density at radius 3 is 2.19 bits per heavy atom. The van der Waals surface area contributed by atoms with E-state index < -0.39 is 23.1 Å². The maximum Gasteiger partial charge on any atom is 0.261 e. The first-order chi connectivity index (χ1) is 10.0. The molecule has 0 aliphatic carbocycles. The monoisotopic (exact) mass is 290 g/mol. The molecule has 6 heteroatoms. The van der Waals surface area contributed by atoms with Gasteiger partial charge >= 0.3 is 0 Å². The Labute approximate surface area is 119 Å². The number of benzene rings is 2. The first-order valence-corrected chi connectivity index (χ1v) is 6.10. The summed E-state index contributed by atoms with van der Waals surface area (Å²) in [6, 6.07) is 9.21. The maximum atomic E-state index is 13.5. The molecule has 0 aromatic heterocycles. The molecule has 0 saturated heterocycles. The Balaban J connectivity index is 2.26. The summed E-state index contributed by atoms with van der Waals surface area (Å²) in [5.41, 5.74) is -0.0732. The fourth-order valence-electron chi connectivity index (χ4n) is 1.79. The van der Waals surface area contributed by atoms with Crippen molar-refractivity contribution in [2.45, 2.75) is 0 Å². The van der Waals surface area contributed by atoms with Crippen molar-refractivity contribution in [3.8, 4) is 0 Å². The molecule has 21 heavy (non-hydrogen) atoms. The predicted molar refractivity (Wildman–Crippen MR) is 74.1 cm³/mol. The molecule has 0 aliphatic heterocycles. The van der Waals surface area contributed by atoms with Crippen molar-refractivity contribution in [1.82, 2.24) is 5.32 Å². The molecule has 0 radical (unpaired) electrons. The maximum absolute atomic E-state index is 13.5. The lowest BCUT2D eigenvalue weighted by Crippen LogP contribution is -2.19. The fourth-order valence-corrected chi connectivity index (χ4v) is 1.79. The van der Waals surface area contributed by atoms with Gasteiger partial charge in [-0.1, -0.05) is 12.1 Å². The van der Waals surface area contributed by atoms with E-state index in [9.17, 15) is 18.4 Å². The van der Waals surface area contributed by atoms with Gasteiger partial charge in [0, 0.05) is 18.3 Å². The van der Waals surface area contributed by atoms with Gasteiger partial charge in [-0.15, -0.1) is 0 Å². The SMILES string of the molecule is CNC(=O)c1cccc(NC(=O)c2c(F)cccc2F)c1. The normalized spacial score (nSPS) is 10.0. The standard InChI is InChI=1S/C15H12F2N2O2/c1-18-14(20)9-4-2-5-10(8-9)19-15(21)13-11(16)6-3-7-12(13)17/h2-8H,1H3,(H,18,20)(H,19,21). The zero-order chi connectivity index (χ0) is 15.4. The average Bonchev–Trinajstić information content (AvgIpc) is 2.46. The third kappa shape index (κ3) is 3.22. The summed E-state index contributed by atoms with van der Waals surface area (Å²) in [6.07, 6.45) is 0. The second-order valence-electron chi connectivity index (χ2n) is 4.21. The molecule has 0 bridgehead atoms. The van der Waals surface area contributed by atoms with Crippen LogP contribution in [0, 0.1) is 11.6 Å². The first-order valence-electron chi connectivity index (χ1n) is 6.10. The van der Waals surface area contributed by atoms with Gasteiger partial charge in [0.25, 0.3) is 11.8 Å². The van der Waals surface area contributed by atoms with Crippen molar-refractivity contribution in [3.05, 3.63) is 65.2 Å². The first kappa shape index (κ1) is 14.6. The molecule has 2 amide bonds. The average molecular weight is 290 g/mol. The number of anilines is 1. The quantitative estimate of drug-likeness (QED) is 0.912. The Bertz CT molecular complexity index is 682. The molecule has 2 aromatic rings. The lowest BCUT2D eigenvalue weighted by molar-refractivity contribution is 0.0961. The molecular formula is C15H12F2N2O2. The van der Waals surface area contributed by atoms with E-state index in [1.807, 2.05) is 0 Å². The smallest absolute Gasteiger partial charge is 0.261 e. The van der Waals surface area contributed by atoms with Crippen molar-refractivity contribution in [1.29, 1.82) is 0 Å². The van der Waals surface area contributed by atoms with Crippen LogP contribution >= 0.6 is 0 Å². The van der Waals surface area contributed by atoms with Gasteiger partial charge in [-0.05, 0) is 30.3 Å². The van der Waals surface area contributed by atoms with Crippen molar-refractivity contribution < 1.29 is 18.4 Å². The number of hydrogen-bond donors (Lipinski definition) is 2. The van der Waals surface area contributed by atoms with Gasteiger partial charge < -0.3 is 10.6 Å². The molecule has 0 atom stereocenters. The van der Waals surface area contributed by atoms with Gasteiger partial charge in [-0.3, -0.25) is 9.59 Å². The number of nitrogens with one attached hydrogen (secondary N) is 2. The van der Waals surface area contributed by atoms with E-state index in [1.165, 1.54) is 25.2 Å². The highest BCUT2D eigenvalue weighted by Gasteiger charge is 2.17. The molecule has 0 spiro atoms. The summed E-state index contributed by atoms with van der Waals surface area (Å²) in [4.78, 5) is 23.4. The highest BCUT2D eigenvalue weighted by atomic mass is 19.1. The number of carbonyl (C=O) groups excluding carboxylic acids is 2. The summed E-state index contributed by atoms with van der Waals surface area (Å²) in [6.45, 7) is 0. The number of amides is 2. The number of carbonyl (C=O) groups is 2. The highest BCUT2D eigenvalue weighted by molar-refractivity contribution is 6.05. The zero-order valence-electron chi connectivity index (χ0n) is 11.1. The molecule has 2 aromatic carbocycles. The summed E-state index contributed by atoms with van der Waals surface area (Å²) in [7, 11) is 1.47. The minimum absolute atomic E-state index is 0.267. The van der Waals surface area contributed by atoms with E-state index in [2.05, 4.69) is 10.6 Å². The molecule has 0 heterocycles. The lowest BCUT2D eigenvalue weighted by atomic mass is 10.1. The van der Waals surface area contributed by atoms with Gasteiger partial charge in [-0.2, -0.15) is 0 Å². The molecule has 0 aliphatic rings. The van der Waals surface area contributed by atoms with Crippen LogP contribution in [0.4, 0.5) is 14.5 Å². The summed E-state index contributed by atoms with van der Waals surface area (Å²) in [5, 5.41) is 4.80. The molecule has 108 valence electrons. The summed E-state index contributed by atoms with van der Waals surface area (Å²) < 4.78 is 27.0. The van der Waals surface area contributed by atoms with Gasteiger partial charge in [0.1, 0.15) is 17.2 Å². The minimum Gasteiger partial charge on any atom is -0.355 e. The third-order valence-electron chi connectivity index (χ3n) is 2.80.